The second kappa shape index (κ2) is 3.21. The Kier molecular flexibility index (Phi) is 2.04. The summed E-state index contributed by atoms with van der Waals surface area (Å²) < 4.78 is 0. The number of fused-ring (bicyclic) bond motifs is 1. The van der Waals surface area contributed by atoms with Crippen LogP contribution in [0.15, 0.2) is 18.5 Å². The van der Waals surface area contributed by atoms with Crippen molar-refractivity contribution >= 4 is 16.7 Å². The van der Waals surface area contributed by atoms with Crippen LogP contribution in [-0.4, -0.2) is 15.0 Å². The van der Waals surface area contributed by atoms with Gasteiger partial charge in [-0.1, -0.05) is 13.8 Å². The molecule has 0 amide bonds. The summed E-state index contributed by atoms with van der Waals surface area (Å²) in [5.41, 5.74) is 6.62. The zero-order valence-corrected chi connectivity index (χ0v) is 8.23. The van der Waals surface area contributed by atoms with Crippen molar-refractivity contribution in [3.63, 3.8) is 0 Å². The van der Waals surface area contributed by atoms with Crippen molar-refractivity contribution in [1.82, 2.24) is 15.0 Å². The van der Waals surface area contributed by atoms with E-state index in [0.717, 1.165) is 16.7 Å². The minimum Gasteiger partial charge on any atom is -0.383 e. The van der Waals surface area contributed by atoms with E-state index < -0.39 is 0 Å². The third-order valence-electron chi connectivity index (χ3n) is 2.06. The van der Waals surface area contributed by atoms with Gasteiger partial charge in [0.2, 0.25) is 0 Å². The first kappa shape index (κ1) is 8.87. The summed E-state index contributed by atoms with van der Waals surface area (Å²) in [6.07, 6.45) is 3.40. The Bertz CT molecular complexity index is 465. The zero-order chi connectivity index (χ0) is 10.1. The fourth-order valence-electron chi connectivity index (χ4n) is 1.28. The second-order valence-corrected chi connectivity index (χ2v) is 3.51. The van der Waals surface area contributed by atoms with Crippen molar-refractivity contribution in [3.05, 3.63) is 24.3 Å². The third-order valence-corrected chi connectivity index (χ3v) is 2.06. The van der Waals surface area contributed by atoms with Crippen LogP contribution in [0.2, 0.25) is 0 Å². The first-order valence-corrected chi connectivity index (χ1v) is 4.55. The van der Waals surface area contributed by atoms with Gasteiger partial charge in [-0.2, -0.15) is 0 Å². The van der Waals surface area contributed by atoms with Crippen LogP contribution in [0, 0.1) is 0 Å². The smallest absolute Gasteiger partial charge is 0.135 e. The molecular weight excluding hydrogens is 176 g/mol. The summed E-state index contributed by atoms with van der Waals surface area (Å²) in [6, 6.07) is 1.83. The Morgan fingerprint density at radius 2 is 2.07 bits per heavy atom. The van der Waals surface area contributed by atoms with Crippen molar-refractivity contribution in [1.29, 1.82) is 0 Å². The molecule has 2 N–H and O–H groups in total. The molecule has 0 spiro atoms. The zero-order valence-electron chi connectivity index (χ0n) is 8.23. The van der Waals surface area contributed by atoms with Crippen molar-refractivity contribution in [2.45, 2.75) is 19.8 Å². The summed E-state index contributed by atoms with van der Waals surface area (Å²) in [7, 11) is 0. The van der Waals surface area contributed by atoms with Gasteiger partial charge in [-0.05, 0) is 6.07 Å². The molecule has 0 bridgehead atoms. The minimum atomic E-state index is 0.280. The highest BCUT2D eigenvalue weighted by molar-refractivity contribution is 5.86. The molecule has 14 heavy (non-hydrogen) atoms. The topological polar surface area (TPSA) is 64.7 Å². The second-order valence-electron chi connectivity index (χ2n) is 3.51. The van der Waals surface area contributed by atoms with Crippen molar-refractivity contribution < 1.29 is 0 Å². The van der Waals surface area contributed by atoms with Crippen molar-refractivity contribution in [2.24, 2.45) is 0 Å². The van der Waals surface area contributed by atoms with Gasteiger partial charge in [0.05, 0.1) is 11.7 Å². The number of rotatable bonds is 1. The van der Waals surface area contributed by atoms with Gasteiger partial charge in [-0.3, -0.25) is 4.98 Å². The number of hydrogen-bond donors (Lipinski definition) is 1. The standard InChI is InChI=1S/C10H12N4/c1-6(2)10-13-8-5-12-4-3-7(8)9(11)14-10/h3-6H,1-2H3,(H2,11,13,14). The Hall–Kier alpha value is -1.71. The first-order chi connectivity index (χ1) is 6.68. The van der Waals surface area contributed by atoms with E-state index in [-0.39, 0.29) is 5.92 Å². The van der Waals surface area contributed by atoms with Gasteiger partial charge < -0.3 is 5.73 Å². The Balaban J connectivity index is 2.72. The van der Waals surface area contributed by atoms with E-state index >= 15 is 0 Å². The van der Waals surface area contributed by atoms with E-state index in [9.17, 15) is 0 Å². The highest BCUT2D eigenvalue weighted by Gasteiger charge is 2.07. The van der Waals surface area contributed by atoms with E-state index in [0.29, 0.717) is 5.82 Å². The van der Waals surface area contributed by atoms with E-state index in [1.54, 1.807) is 12.4 Å². The van der Waals surface area contributed by atoms with Crippen LogP contribution >= 0.6 is 0 Å². The van der Waals surface area contributed by atoms with Gasteiger partial charge in [-0.25, -0.2) is 9.97 Å². The minimum absolute atomic E-state index is 0.280. The number of nitrogens with zero attached hydrogens (tertiary/aromatic N) is 3. The highest BCUT2D eigenvalue weighted by Crippen LogP contribution is 2.19. The summed E-state index contributed by atoms with van der Waals surface area (Å²) in [4.78, 5) is 12.6. The van der Waals surface area contributed by atoms with E-state index in [4.69, 9.17) is 5.73 Å². The first-order valence-electron chi connectivity index (χ1n) is 4.55. The largest absolute Gasteiger partial charge is 0.383 e. The number of nitrogens with two attached hydrogens (primary N) is 1. The number of anilines is 1. The van der Waals surface area contributed by atoms with Crippen LogP contribution in [0.25, 0.3) is 10.9 Å². The van der Waals surface area contributed by atoms with E-state index in [2.05, 4.69) is 15.0 Å². The summed E-state index contributed by atoms with van der Waals surface area (Å²) in [5.74, 6) is 1.58. The molecule has 0 fully saturated rings. The van der Waals surface area contributed by atoms with Crippen LogP contribution in [-0.2, 0) is 0 Å². The van der Waals surface area contributed by atoms with Crippen molar-refractivity contribution in [2.75, 3.05) is 5.73 Å². The molecule has 4 heteroatoms. The SMILES string of the molecule is CC(C)c1nc(N)c2ccncc2n1. The number of nitrogen functional groups attached to an aromatic ring is 1. The van der Waals surface area contributed by atoms with Crippen LogP contribution in [0.1, 0.15) is 25.6 Å². The van der Waals surface area contributed by atoms with Gasteiger partial charge in [0.1, 0.15) is 11.6 Å². The normalized spacial score (nSPS) is 11.1. The number of aromatic nitrogens is 3. The van der Waals surface area contributed by atoms with Crippen LogP contribution in [0.4, 0.5) is 5.82 Å². The fraction of sp³-hybridized carbons (Fsp3) is 0.300. The molecule has 0 aliphatic heterocycles. The molecule has 2 aromatic heterocycles. The average Bonchev–Trinajstić information content (AvgIpc) is 2.17. The summed E-state index contributed by atoms with van der Waals surface area (Å²) >= 11 is 0. The molecule has 0 saturated heterocycles. The van der Waals surface area contributed by atoms with Crippen LogP contribution < -0.4 is 5.73 Å². The monoisotopic (exact) mass is 188 g/mol. The lowest BCUT2D eigenvalue weighted by molar-refractivity contribution is 0.785. The lowest BCUT2D eigenvalue weighted by Gasteiger charge is -2.06. The van der Waals surface area contributed by atoms with Crippen molar-refractivity contribution in [3.8, 4) is 0 Å². The molecule has 4 nitrogen and oxygen atoms in total. The van der Waals surface area contributed by atoms with Gasteiger partial charge in [0, 0.05) is 17.5 Å². The molecule has 0 atom stereocenters. The predicted molar refractivity (Wildman–Crippen MR) is 55.8 cm³/mol. The maximum absolute atomic E-state index is 5.82. The summed E-state index contributed by atoms with van der Waals surface area (Å²) in [6.45, 7) is 4.08. The Labute approximate surface area is 82.2 Å². The fourth-order valence-corrected chi connectivity index (χ4v) is 1.28. The lowest BCUT2D eigenvalue weighted by Crippen LogP contribution is -2.02. The van der Waals surface area contributed by atoms with Crippen LogP contribution in [0.5, 0.6) is 0 Å². The molecule has 2 rings (SSSR count). The number of pyridine rings is 1. The van der Waals surface area contributed by atoms with Gasteiger partial charge >= 0.3 is 0 Å². The molecule has 0 aliphatic carbocycles. The maximum atomic E-state index is 5.82. The average molecular weight is 188 g/mol. The summed E-state index contributed by atoms with van der Waals surface area (Å²) in [5, 5.41) is 0.865. The van der Waals surface area contributed by atoms with Gasteiger partial charge in [-0.15, -0.1) is 0 Å². The molecular formula is C10H12N4. The Morgan fingerprint density at radius 1 is 1.29 bits per heavy atom. The van der Waals surface area contributed by atoms with E-state index in [1.165, 1.54) is 0 Å². The maximum Gasteiger partial charge on any atom is 0.135 e. The molecule has 0 saturated carbocycles. The lowest BCUT2D eigenvalue weighted by atomic mass is 10.2. The molecule has 0 radical (unpaired) electrons. The molecule has 0 aromatic carbocycles. The highest BCUT2D eigenvalue weighted by atomic mass is 15.0. The Morgan fingerprint density at radius 3 is 2.79 bits per heavy atom. The molecule has 0 aliphatic rings. The predicted octanol–water partition coefficient (Wildman–Crippen LogP) is 1.73. The van der Waals surface area contributed by atoms with Gasteiger partial charge in [0.15, 0.2) is 0 Å². The molecule has 0 unspecified atom stereocenters. The van der Waals surface area contributed by atoms with Crippen LogP contribution in [0.3, 0.4) is 0 Å². The molecule has 72 valence electrons. The molecule has 2 heterocycles. The molecule has 2 aromatic rings. The third kappa shape index (κ3) is 1.39. The van der Waals surface area contributed by atoms with E-state index in [1.807, 2.05) is 19.9 Å². The number of hydrogen-bond acceptors (Lipinski definition) is 4. The van der Waals surface area contributed by atoms with Gasteiger partial charge in [0.25, 0.3) is 0 Å². The quantitative estimate of drug-likeness (QED) is 0.740.